The van der Waals surface area contributed by atoms with Crippen molar-refractivity contribution >= 4 is 5.91 Å². The number of carbonyl (C=O) groups is 1. The van der Waals surface area contributed by atoms with Crippen molar-refractivity contribution in [3.8, 4) is 11.3 Å². The van der Waals surface area contributed by atoms with Gasteiger partial charge in [-0.15, -0.1) is 0 Å². The second-order valence-corrected chi connectivity index (χ2v) is 3.72. The van der Waals surface area contributed by atoms with E-state index in [-0.39, 0.29) is 0 Å². The molecule has 0 aliphatic rings. The Labute approximate surface area is 99.3 Å². The maximum atomic E-state index is 11.0. The van der Waals surface area contributed by atoms with Gasteiger partial charge in [-0.3, -0.25) is 9.78 Å². The monoisotopic (exact) mass is 227 g/mol. The Bertz CT molecular complexity index is 525. The van der Waals surface area contributed by atoms with Crippen LogP contribution in [0.15, 0.2) is 48.7 Å². The number of hydrogen-bond donors (Lipinski definition) is 2. The number of rotatable bonds is 3. The van der Waals surface area contributed by atoms with Gasteiger partial charge >= 0.3 is 0 Å². The molecule has 0 aliphatic heterocycles. The second kappa shape index (κ2) is 4.76. The van der Waals surface area contributed by atoms with Crippen LogP contribution in [0.3, 0.4) is 0 Å². The minimum Gasteiger partial charge on any atom is -0.368 e. The zero-order valence-electron chi connectivity index (χ0n) is 9.21. The van der Waals surface area contributed by atoms with Crippen LogP contribution in [0.25, 0.3) is 11.3 Å². The lowest BCUT2D eigenvalue weighted by Gasteiger charge is -2.09. The van der Waals surface area contributed by atoms with Gasteiger partial charge in [0.15, 0.2) is 0 Å². The van der Waals surface area contributed by atoms with Gasteiger partial charge in [-0.05, 0) is 23.8 Å². The number of amides is 1. The van der Waals surface area contributed by atoms with Crippen molar-refractivity contribution in [1.29, 1.82) is 0 Å². The average molecular weight is 227 g/mol. The lowest BCUT2D eigenvalue weighted by molar-refractivity contribution is -0.119. The fourth-order valence-corrected chi connectivity index (χ4v) is 1.59. The maximum absolute atomic E-state index is 11.0. The number of primary amides is 1. The summed E-state index contributed by atoms with van der Waals surface area (Å²) in [4.78, 5) is 15.3. The summed E-state index contributed by atoms with van der Waals surface area (Å²) >= 11 is 0. The molecule has 1 atom stereocenters. The number of benzene rings is 1. The van der Waals surface area contributed by atoms with Gasteiger partial charge in [0.2, 0.25) is 5.91 Å². The third kappa shape index (κ3) is 2.49. The van der Waals surface area contributed by atoms with Gasteiger partial charge in [-0.25, -0.2) is 0 Å². The molecule has 1 unspecified atom stereocenters. The zero-order chi connectivity index (χ0) is 12.3. The van der Waals surface area contributed by atoms with E-state index in [1.165, 1.54) is 0 Å². The smallest absolute Gasteiger partial charge is 0.238 e. The zero-order valence-corrected chi connectivity index (χ0v) is 9.21. The molecule has 1 aromatic carbocycles. The normalized spacial score (nSPS) is 12.1. The SMILES string of the molecule is NC(=O)C(N)c1cccc(-c2ccccn2)c1. The topological polar surface area (TPSA) is 82.0 Å². The summed E-state index contributed by atoms with van der Waals surface area (Å²) in [5.74, 6) is -0.539. The van der Waals surface area contributed by atoms with Crippen LogP contribution in [0.1, 0.15) is 11.6 Å². The predicted octanol–water partition coefficient (Wildman–Crippen LogP) is 1.23. The lowest BCUT2D eigenvalue weighted by Crippen LogP contribution is -2.28. The summed E-state index contributed by atoms with van der Waals surface area (Å²) in [7, 11) is 0. The number of nitrogens with two attached hydrogens (primary N) is 2. The summed E-state index contributed by atoms with van der Waals surface area (Å²) in [5.41, 5.74) is 13.3. The number of carbonyl (C=O) groups excluding carboxylic acids is 1. The van der Waals surface area contributed by atoms with Crippen molar-refractivity contribution in [1.82, 2.24) is 4.98 Å². The van der Waals surface area contributed by atoms with Crippen LogP contribution in [0.4, 0.5) is 0 Å². The second-order valence-electron chi connectivity index (χ2n) is 3.72. The Hall–Kier alpha value is -2.20. The molecule has 4 heteroatoms. The summed E-state index contributed by atoms with van der Waals surface area (Å²) in [6, 6.07) is 12.2. The van der Waals surface area contributed by atoms with Crippen LogP contribution < -0.4 is 11.5 Å². The Morgan fingerprint density at radius 3 is 2.65 bits per heavy atom. The molecule has 1 heterocycles. The molecule has 0 radical (unpaired) electrons. The molecule has 4 nitrogen and oxygen atoms in total. The highest BCUT2D eigenvalue weighted by Gasteiger charge is 2.12. The van der Waals surface area contributed by atoms with Gasteiger partial charge in [-0.1, -0.05) is 24.3 Å². The molecule has 2 rings (SSSR count). The quantitative estimate of drug-likeness (QED) is 0.827. The molecule has 0 saturated carbocycles. The summed E-state index contributed by atoms with van der Waals surface area (Å²) < 4.78 is 0. The number of aromatic nitrogens is 1. The van der Waals surface area contributed by atoms with Crippen molar-refractivity contribution in [3.63, 3.8) is 0 Å². The van der Waals surface area contributed by atoms with E-state index < -0.39 is 11.9 Å². The van der Waals surface area contributed by atoms with Gasteiger partial charge in [-0.2, -0.15) is 0 Å². The standard InChI is InChI=1S/C13H13N3O/c14-12(13(15)17)10-5-3-4-9(8-10)11-6-1-2-7-16-11/h1-8,12H,14H2,(H2,15,17). The highest BCUT2D eigenvalue weighted by atomic mass is 16.1. The van der Waals surface area contributed by atoms with Crippen LogP contribution in [0, 0.1) is 0 Å². The third-order valence-corrected chi connectivity index (χ3v) is 2.51. The largest absolute Gasteiger partial charge is 0.368 e. The van der Waals surface area contributed by atoms with E-state index >= 15 is 0 Å². The third-order valence-electron chi connectivity index (χ3n) is 2.51. The lowest BCUT2D eigenvalue weighted by atomic mass is 10.0. The Morgan fingerprint density at radius 1 is 1.18 bits per heavy atom. The van der Waals surface area contributed by atoms with Gasteiger partial charge in [0, 0.05) is 11.8 Å². The van der Waals surface area contributed by atoms with E-state index in [1.807, 2.05) is 36.4 Å². The summed E-state index contributed by atoms with van der Waals surface area (Å²) in [6.07, 6.45) is 1.72. The Morgan fingerprint density at radius 2 is 2.00 bits per heavy atom. The average Bonchev–Trinajstić information content (AvgIpc) is 2.39. The fourth-order valence-electron chi connectivity index (χ4n) is 1.59. The van der Waals surface area contributed by atoms with Crippen molar-refractivity contribution in [3.05, 3.63) is 54.2 Å². The van der Waals surface area contributed by atoms with Crippen LogP contribution in [-0.2, 0) is 4.79 Å². The van der Waals surface area contributed by atoms with E-state index in [0.29, 0.717) is 5.56 Å². The number of hydrogen-bond acceptors (Lipinski definition) is 3. The number of pyridine rings is 1. The summed E-state index contributed by atoms with van der Waals surface area (Å²) in [6.45, 7) is 0. The van der Waals surface area contributed by atoms with Crippen molar-refractivity contribution in [2.75, 3.05) is 0 Å². The van der Waals surface area contributed by atoms with Crippen LogP contribution in [0.2, 0.25) is 0 Å². The maximum Gasteiger partial charge on any atom is 0.238 e. The van der Waals surface area contributed by atoms with Crippen LogP contribution in [0.5, 0.6) is 0 Å². The minimum absolute atomic E-state index is 0.539. The van der Waals surface area contributed by atoms with Gasteiger partial charge in [0.25, 0.3) is 0 Å². The van der Waals surface area contributed by atoms with Gasteiger partial charge < -0.3 is 11.5 Å². The molecule has 1 aromatic heterocycles. The van der Waals surface area contributed by atoms with Crippen molar-refractivity contribution in [2.45, 2.75) is 6.04 Å². The van der Waals surface area contributed by atoms with Gasteiger partial charge in [0.1, 0.15) is 6.04 Å². The Kier molecular flexibility index (Phi) is 3.16. The van der Waals surface area contributed by atoms with E-state index in [2.05, 4.69) is 4.98 Å². The highest BCUT2D eigenvalue weighted by Crippen LogP contribution is 2.20. The molecule has 0 aliphatic carbocycles. The van der Waals surface area contributed by atoms with E-state index in [9.17, 15) is 4.79 Å². The molecule has 86 valence electrons. The minimum atomic E-state index is -0.779. The molecule has 0 fully saturated rings. The van der Waals surface area contributed by atoms with Crippen molar-refractivity contribution < 1.29 is 4.79 Å². The van der Waals surface area contributed by atoms with E-state index in [1.54, 1.807) is 12.3 Å². The first-order chi connectivity index (χ1) is 8.18. The molecule has 0 saturated heterocycles. The van der Waals surface area contributed by atoms with Crippen LogP contribution >= 0.6 is 0 Å². The molecule has 2 aromatic rings. The highest BCUT2D eigenvalue weighted by molar-refractivity contribution is 5.81. The molecular formula is C13H13N3O. The molecule has 0 bridgehead atoms. The van der Waals surface area contributed by atoms with Crippen molar-refractivity contribution in [2.24, 2.45) is 11.5 Å². The molecular weight excluding hydrogens is 214 g/mol. The number of nitrogens with zero attached hydrogens (tertiary/aromatic N) is 1. The van der Waals surface area contributed by atoms with Crippen LogP contribution in [-0.4, -0.2) is 10.9 Å². The van der Waals surface area contributed by atoms with E-state index in [0.717, 1.165) is 11.3 Å². The molecule has 17 heavy (non-hydrogen) atoms. The van der Waals surface area contributed by atoms with E-state index in [4.69, 9.17) is 11.5 Å². The molecule has 0 spiro atoms. The fraction of sp³-hybridized carbons (Fsp3) is 0.0769. The Balaban J connectivity index is 2.39. The summed E-state index contributed by atoms with van der Waals surface area (Å²) in [5, 5.41) is 0. The first kappa shape index (κ1) is 11.3. The first-order valence-electron chi connectivity index (χ1n) is 5.25. The first-order valence-corrected chi connectivity index (χ1v) is 5.25. The predicted molar refractivity (Wildman–Crippen MR) is 65.8 cm³/mol. The molecule has 1 amide bonds. The molecule has 4 N–H and O–H groups in total. The van der Waals surface area contributed by atoms with Gasteiger partial charge in [0.05, 0.1) is 5.69 Å².